The van der Waals surface area contributed by atoms with Crippen molar-refractivity contribution in [3.63, 3.8) is 0 Å². The van der Waals surface area contributed by atoms with Crippen LogP contribution in [-0.2, 0) is 20.8 Å². The van der Waals surface area contributed by atoms with E-state index >= 15 is 0 Å². The van der Waals surface area contributed by atoms with Gasteiger partial charge in [0.15, 0.2) is 0 Å². The molecular formula is C18H24N2O4. The number of rotatable bonds is 6. The average molecular weight is 332 g/mol. The van der Waals surface area contributed by atoms with Crippen molar-refractivity contribution in [1.29, 1.82) is 0 Å². The summed E-state index contributed by atoms with van der Waals surface area (Å²) in [5.41, 5.74) is 0.959. The maximum atomic E-state index is 12.3. The third-order valence-corrected chi connectivity index (χ3v) is 4.30. The lowest BCUT2D eigenvalue weighted by Gasteiger charge is -2.20. The molecule has 2 atom stereocenters. The van der Waals surface area contributed by atoms with E-state index in [0.29, 0.717) is 25.9 Å². The number of benzene rings is 1. The molecule has 0 aromatic heterocycles. The number of hydrogen-bond donors (Lipinski definition) is 2. The van der Waals surface area contributed by atoms with Crippen molar-refractivity contribution >= 4 is 17.8 Å². The Hall–Kier alpha value is -2.37. The van der Waals surface area contributed by atoms with E-state index in [1.165, 1.54) is 0 Å². The molecule has 1 aliphatic rings. The van der Waals surface area contributed by atoms with Crippen LogP contribution in [0.15, 0.2) is 30.3 Å². The lowest BCUT2D eigenvalue weighted by molar-refractivity contribution is -0.149. The van der Waals surface area contributed by atoms with Crippen molar-refractivity contribution in [1.82, 2.24) is 10.2 Å². The third kappa shape index (κ3) is 4.57. The molecule has 24 heavy (non-hydrogen) atoms. The summed E-state index contributed by atoms with van der Waals surface area (Å²) in [6.07, 6.45) is 0.988. The smallest absolute Gasteiger partial charge is 0.316 e. The molecule has 1 saturated heterocycles. The quantitative estimate of drug-likeness (QED) is 0.769. The van der Waals surface area contributed by atoms with Crippen molar-refractivity contribution in [2.45, 2.75) is 32.7 Å². The number of carboxylic acids is 1. The van der Waals surface area contributed by atoms with Gasteiger partial charge in [-0.25, -0.2) is 0 Å². The maximum absolute atomic E-state index is 12.3. The van der Waals surface area contributed by atoms with Crippen LogP contribution in [0.5, 0.6) is 0 Å². The van der Waals surface area contributed by atoms with Gasteiger partial charge in [0.25, 0.3) is 0 Å². The third-order valence-electron chi connectivity index (χ3n) is 4.30. The SMILES string of the molecule is CC(C)C(C(=O)O)C(=O)NC1CCN(C(=O)Cc2ccccc2)C1. The maximum Gasteiger partial charge on any atom is 0.316 e. The van der Waals surface area contributed by atoms with Gasteiger partial charge in [-0.3, -0.25) is 14.4 Å². The van der Waals surface area contributed by atoms with Gasteiger partial charge < -0.3 is 15.3 Å². The first-order valence-corrected chi connectivity index (χ1v) is 8.23. The van der Waals surface area contributed by atoms with E-state index in [-0.39, 0.29) is 17.9 Å². The number of carboxylic acid groups (broad SMARTS) is 1. The molecule has 0 aliphatic carbocycles. The number of nitrogens with zero attached hydrogens (tertiary/aromatic N) is 1. The fourth-order valence-corrected chi connectivity index (χ4v) is 2.98. The Morgan fingerprint density at radius 3 is 2.50 bits per heavy atom. The largest absolute Gasteiger partial charge is 0.481 e. The monoisotopic (exact) mass is 332 g/mol. The Bertz CT molecular complexity index is 600. The second-order valence-electron chi connectivity index (χ2n) is 6.56. The molecule has 6 heteroatoms. The zero-order chi connectivity index (χ0) is 17.7. The lowest BCUT2D eigenvalue weighted by Crippen LogP contribution is -2.45. The fourth-order valence-electron chi connectivity index (χ4n) is 2.98. The minimum absolute atomic E-state index is 0.0246. The van der Waals surface area contributed by atoms with Crippen molar-refractivity contribution < 1.29 is 19.5 Å². The van der Waals surface area contributed by atoms with Gasteiger partial charge in [0.2, 0.25) is 11.8 Å². The lowest BCUT2D eigenvalue weighted by atomic mass is 9.95. The number of nitrogens with one attached hydrogen (secondary N) is 1. The number of amides is 2. The van der Waals surface area contributed by atoms with Gasteiger partial charge in [-0.05, 0) is 17.9 Å². The Labute approximate surface area is 141 Å². The van der Waals surface area contributed by atoms with Crippen LogP contribution in [0.2, 0.25) is 0 Å². The van der Waals surface area contributed by atoms with Gasteiger partial charge in [0.05, 0.1) is 6.42 Å². The fraction of sp³-hybridized carbons (Fsp3) is 0.500. The van der Waals surface area contributed by atoms with Gasteiger partial charge in [-0.1, -0.05) is 44.2 Å². The molecular weight excluding hydrogens is 308 g/mol. The van der Waals surface area contributed by atoms with Crippen LogP contribution in [0.1, 0.15) is 25.8 Å². The van der Waals surface area contributed by atoms with Gasteiger partial charge in [-0.15, -0.1) is 0 Å². The Morgan fingerprint density at radius 2 is 1.92 bits per heavy atom. The first-order chi connectivity index (χ1) is 11.4. The van der Waals surface area contributed by atoms with Crippen LogP contribution in [0.25, 0.3) is 0 Å². The molecule has 2 rings (SSSR count). The zero-order valence-electron chi connectivity index (χ0n) is 14.1. The summed E-state index contributed by atoms with van der Waals surface area (Å²) >= 11 is 0. The predicted octanol–water partition coefficient (Wildman–Crippen LogP) is 1.30. The normalized spacial score (nSPS) is 18.5. The molecule has 2 amide bonds. The standard InChI is InChI=1S/C18H24N2O4/c1-12(2)16(18(23)24)17(22)19-14-8-9-20(11-14)15(21)10-13-6-4-3-5-7-13/h3-7,12,14,16H,8-11H2,1-2H3,(H,19,22)(H,23,24). The Kier molecular flexibility index (Phi) is 5.95. The molecule has 2 unspecified atom stereocenters. The molecule has 1 fully saturated rings. The molecule has 1 heterocycles. The number of likely N-dealkylation sites (tertiary alicyclic amines) is 1. The molecule has 0 spiro atoms. The average Bonchev–Trinajstić information content (AvgIpc) is 2.96. The van der Waals surface area contributed by atoms with E-state index in [1.54, 1.807) is 18.7 Å². The molecule has 0 bridgehead atoms. The van der Waals surface area contributed by atoms with E-state index in [0.717, 1.165) is 5.56 Å². The first-order valence-electron chi connectivity index (χ1n) is 8.23. The molecule has 6 nitrogen and oxygen atoms in total. The highest BCUT2D eigenvalue weighted by atomic mass is 16.4. The van der Waals surface area contributed by atoms with Gasteiger partial charge in [0.1, 0.15) is 5.92 Å². The second kappa shape index (κ2) is 7.95. The van der Waals surface area contributed by atoms with Crippen LogP contribution in [0, 0.1) is 11.8 Å². The van der Waals surface area contributed by atoms with Crippen LogP contribution >= 0.6 is 0 Å². The molecule has 1 aromatic rings. The van der Waals surface area contributed by atoms with Crippen molar-refractivity contribution in [3.8, 4) is 0 Å². The highest BCUT2D eigenvalue weighted by Gasteiger charge is 2.33. The van der Waals surface area contributed by atoms with Crippen molar-refractivity contribution in [2.75, 3.05) is 13.1 Å². The Balaban J connectivity index is 1.87. The van der Waals surface area contributed by atoms with Crippen LogP contribution < -0.4 is 5.32 Å². The number of aliphatic carboxylic acids is 1. The van der Waals surface area contributed by atoms with E-state index in [1.807, 2.05) is 30.3 Å². The van der Waals surface area contributed by atoms with Gasteiger partial charge in [-0.2, -0.15) is 0 Å². The van der Waals surface area contributed by atoms with Crippen LogP contribution in [0.3, 0.4) is 0 Å². The summed E-state index contributed by atoms with van der Waals surface area (Å²) in [7, 11) is 0. The number of carbonyl (C=O) groups excluding carboxylic acids is 2. The van der Waals surface area contributed by atoms with E-state index < -0.39 is 17.8 Å². The summed E-state index contributed by atoms with van der Waals surface area (Å²) in [5.74, 6) is -2.90. The minimum Gasteiger partial charge on any atom is -0.481 e. The molecule has 1 aromatic carbocycles. The van der Waals surface area contributed by atoms with Crippen LogP contribution in [0.4, 0.5) is 0 Å². The second-order valence-corrected chi connectivity index (χ2v) is 6.56. The molecule has 2 N–H and O–H groups in total. The summed E-state index contributed by atoms with van der Waals surface area (Å²) in [4.78, 5) is 37.4. The summed E-state index contributed by atoms with van der Waals surface area (Å²) < 4.78 is 0. The minimum atomic E-state index is -1.11. The summed E-state index contributed by atoms with van der Waals surface area (Å²) in [6.45, 7) is 4.43. The predicted molar refractivity (Wildman–Crippen MR) is 89.2 cm³/mol. The van der Waals surface area contributed by atoms with Crippen molar-refractivity contribution in [3.05, 3.63) is 35.9 Å². The number of carbonyl (C=O) groups is 3. The first kappa shape index (κ1) is 18.0. The zero-order valence-corrected chi connectivity index (χ0v) is 14.1. The van der Waals surface area contributed by atoms with Gasteiger partial charge in [0, 0.05) is 19.1 Å². The molecule has 0 saturated carbocycles. The van der Waals surface area contributed by atoms with Crippen LogP contribution in [-0.4, -0.2) is 46.9 Å². The Morgan fingerprint density at radius 1 is 1.25 bits per heavy atom. The van der Waals surface area contributed by atoms with E-state index in [4.69, 9.17) is 5.11 Å². The summed E-state index contributed by atoms with van der Waals surface area (Å²) in [5, 5.41) is 11.9. The highest BCUT2D eigenvalue weighted by molar-refractivity contribution is 5.97. The van der Waals surface area contributed by atoms with Gasteiger partial charge >= 0.3 is 5.97 Å². The van der Waals surface area contributed by atoms with E-state index in [9.17, 15) is 14.4 Å². The highest BCUT2D eigenvalue weighted by Crippen LogP contribution is 2.15. The topological polar surface area (TPSA) is 86.7 Å². The van der Waals surface area contributed by atoms with Crippen molar-refractivity contribution in [2.24, 2.45) is 11.8 Å². The van der Waals surface area contributed by atoms with E-state index in [2.05, 4.69) is 5.32 Å². The molecule has 1 aliphatic heterocycles. The molecule has 130 valence electrons. The summed E-state index contributed by atoms with van der Waals surface area (Å²) in [6, 6.07) is 9.34. The molecule has 0 radical (unpaired) electrons. The number of hydrogen-bond acceptors (Lipinski definition) is 3.